The highest BCUT2D eigenvalue weighted by Gasteiger charge is 2.26. The molecule has 0 radical (unpaired) electrons. The van der Waals surface area contributed by atoms with Gasteiger partial charge in [0, 0.05) is 19.2 Å². The number of nitrogens with zero attached hydrogens (tertiary/aromatic N) is 1. The highest BCUT2D eigenvalue weighted by atomic mass is 19.1. The van der Waals surface area contributed by atoms with Crippen LogP contribution in [-0.2, 0) is 5.54 Å². The van der Waals surface area contributed by atoms with Crippen molar-refractivity contribution in [2.75, 3.05) is 32.8 Å². The highest BCUT2D eigenvalue weighted by Crippen LogP contribution is 2.22. The zero-order valence-electron chi connectivity index (χ0n) is 12.4. The third-order valence-corrected chi connectivity index (χ3v) is 3.65. The molecule has 0 spiro atoms. The SMILES string of the molecule is CCN(CC)CCNC(C)(CO)c1cc(F)cc(F)c1. The van der Waals surface area contributed by atoms with Crippen LogP contribution in [0.4, 0.5) is 8.78 Å². The minimum absolute atomic E-state index is 0.228. The first-order chi connectivity index (χ1) is 9.45. The maximum Gasteiger partial charge on any atom is 0.126 e. The monoisotopic (exact) mass is 286 g/mol. The van der Waals surface area contributed by atoms with Crippen molar-refractivity contribution in [3.63, 3.8) is 0 Å². The largest absolute Gasteiger partial charge is 0.394 e. The lowest BCUT2D eigenvalue weighted by molar-refractivity contribution is 0.168. The molecule has 0 aliphatic heterocycles. The summed E-state index contributed by atoms with van der Waals surface area (Å²) in [6, 6.07) is 3.34. The van der Waals surface area contributed by atoms with Crippen LogP contribution in [0.1, 0.15) is 26.3 Å². The molecule has 0 aromatic heterocycles. The second kappa shape index (κ2) is 7.67. The molecule has 20 heavy (non-hydrogen) atoms. The Bertz CT molecular complexity index is 404. The second-order valence-corrected chi connectivity index (χ2v) is 5.10. The fraction of sp³-hybridized carbons (Fsp3) is 0.600. The van der Waals surface area contributed by atoms with Crippen LogP contribution in [0.5, 0.6) is 0 Å². The fourth-order valence-electron chi connectivity index (χ4n) is 2.15. The molecule has 1 atom stereocenters. The number of nitrogens with one attached hydrogen (secondary N) is 1. The van der Waals surface area contributed by atoms with Gasteiger partial charge >= 0.3 is 0 Å². The van der Waals surface area contributed by atoms with Crippen LogP contribution in [0, 0.1) is 11.6 Å². The number of aliphatic hydroxyl groups is 1. The molecule has 3 nitrogen and oxygen atoms in total. The Morgan fingerprint density at radius 1 is 1.15 bits per heavy atom. The van der Waals surface area contributed by atoms with Gasteiger partial charge in [-0.15, -0.1) is 0 Å². The molecule has 0 aliphatic rings. The molecule has 114 valence electrons. The Labute approximate surface area is 119 Å². The molecular formula is C15H24F2N2O. The summed E-state index contributed by atoms with van der Waals surface area (Å²) in [5, 5.41) is 12.8. The molecule has 0 bridgehead atoms. The lowest BCUT2D eigenvalue weighted by Gasteiger charge is -2.31. The van der Waals surface area contributed by atoms with Crippen molar-refractivity contribution in [2.24, 2.45) is 0 Å². The third-order valence-electron chi connectivity index (χ3n) is 3.65. The molecule has 1 aromatic rings. The van der Waals surface area contributed by atoms with Crippen molar-refractivity contribution < 1.29 is 13.9 Å². The van der Waals surface area contributed by atoms with Crippen LogP contribution in [0.25, 0.3) is 0 Å². The van der Waals surface area contributed by atoms with Crippen LogP contribution in [0.2, 0.25) is 0 Å². The molecule has 0 aliphatic carbocycles. The van der Waals surface area contributed by atoms with Gasteiger partial charge in [-0.25, -0.2) is 8.78 Å². The van der Waals surface area contributed by atoms with E-state index in [9.17, 15) is 13.9 Å². The van der Waals surface area contributed by atoms with Gasteiger partial charge in [-0.05, 0) is 37.7 Å². The van der Waals surface area contributed by atoms with E-state index in [0.29, 0.717) is 12.1 Å². The smallest absolute Gasteiger partial charge is 0.126 e. The predicted molar refractivity (Wildman–Crippen MR) is 76.6 cm³/mol. The van der Waals surface area contributed by atoms with Gasteiger partial charge in [0.05, 0.1) is 12.1 Å². The average Bonchev–Trinajstić information content (AvgIpc) is 2.42. The van der Waals surface area contributed by atoms with E-state index < -0.39 is 17.2 Å². The highest BCUT2D eigenvalue weighted by molar-refractivity contribution is 5.25. The van der Waals surface area contributed by atoms with Crippen molar-refractivity contribution in [3.8, 4) is 0 Å². The third kappa shape index (κ3) is 4.51. The summed E-state index contributed by atoms with van der Waals surface area (Å²) in [6.45, 7) is 9.02. The normalized spacial score (nSPS) is 14.6. The second-order valence-electron chi connectivity index (χ2n) is 5.10. The summed E-state index contributed by atoms with van der Waals surface area (Å²) in [4.78, 5) is 2.23. The van der Waals surface area contributed by atoms with Crippen molar-refractivity contribution >= 4 is 0 Å². The Kier molecular flexibility index (Phi) is 6.52. The first kappa shape index (κ1) is 17.0. The molecule has 1 unspecified atom stereocenters. The lowest BCUT2D eigenvalue weighted by atomic mass is 9.92. The summed E-state index contributed by atoms with van der Waals surface area (Å²) in [5.74, 6) is -1.27. The molecule has 0 heterocycles. The van der Waals surface area contributed by atoms with Gasteiger partial charge in [-0.1, -0.05) is 13.8 Å². The number of aliphatic hydroxyl groups excluding tert-OH is 1. The number of hydrogen-bond donors (Lipinski definition) is 2. The van der Waals surface area contributed by atoms with Crippen molar-refractivity contribution in [1.82, 2.24) is 10.2 Å². The summed E-state index contributed by atoms with van der Waals surface area (Å²) in [5.41, 5.74) is -0.437. The quantitative estimate of drug-likeness (QED) is 0.768. The minimum atomic E-state index is -0.851. The molecule has 1 rings (SSSR count). The standard InChI is InChI=1S/C15H24F2N2O/c1-4-19(5-2)7-6-18-15(3,11-20)12-8-13(16)10-14(17)9-12/h8-10,18,20H,4-7,11H2,1-3H3. The lowest BCUT2D eigenvalue weighted by Crippen LogP contribution is -2.46. The minimum Gasteiger partial charge on any atom is -0.394 e. The Hall–Kier alpha value is -1.04. The van der Waals surface area contributed by atoms with Crippen molar-refractivity contribution in [2.45, 2.75) is 26.3 Å². The molecule has 0 amide bonds. The maximum atomic E-state index is 13.3. The molecule has 0 saturated carbocycles. The molecule has 2 N–H and O–H groups in total. The number of likely N-dealkylation sites (N-methyl/N-ethyl adjacent to an activating group) is 1. The first-order valence-corrected chi connectivity index (χ1v) is 7.00. The van der Waals surface area contributed by atoms with Gasteiger partial charge in [0.25, 0.3) is 0 Å². The van der Waals surface area contributed by atoms with E-state index in [0.717, 1.165) is 25.7 Å². The van der Waals surface area contributed by atoms with Crippen LogP contribution in [-0.4, -0.2) is 42.8 Å². The van der Waals surface area contributed by atoms with Gasteiger partial charge in [0.2, 0.25) is 0 Å². The Morgan fingerprint density at radius 3 is 2.15 bits per heavy atom. The van der Waals surface area contributed by atoms with Crippen molar-refractivity contribution in [3.05, 3.63) is 35.4 Å². The Morgan fingerprint density at radius 2 is 1.70 bits per heavy atom. The topological polar surface area (TPSA) is 35.5 Å². The zero-order valence-corrected chi connectivity index (χ0v) is 12.4. The number of halogens is 2. The molecule has 5 heteroatoms. The van der Waals surface area contributed by atoms with E-state index in [1.807, 2.05) is 0 Å². The summed E-state index contributed by atoms with van der Waals surface area (Å²) in [7, 11) is 0. The van der Waals surface area contributed by atoms with Crippen LogP contribution < -0.4 is 5.32 Å². The Balaban J connectivity index is 2.75. The van der Waals surface area contributed by atoms with Gasteiger partial charge in [-0.2, -0.15) is 0 Å². The summed E-state index contributed by atoms with van der Waals surface area (Å²) < 4.78 is 26.6. The molecular weight excluding hydrogens is 262 g/mol. The maximum absolute atomic E-state index is 13.3. The van der Waals surface area contributed by atoms with Gasteiger partial charge < -0.3 is 15.3 Å². The summed E-state index contributed by atoms with van der Waals surface area (Å²) >= 11 is 0. The fourth-order valence-corrected chi connectivity index (χ4v) is 2.15. The number of benzene rings is 1. The van der Waals surface area contributed by atoms with Crippen LogP contribution >= 0.6 is 0 Å². The van der Waals surface area contributed by atoms with Crippen molar-refractivity contribution in [1.29, 1.82) is 0 Å². The van der Waals surface area contributed by atoms with E-state index in [4.69, 9.17) is 0 Å². The molecule has 0 fully saturated rings. The first-order valence-electron chi connectivity index (χ1n) is 7.00. The number of rotatable bonds is 8. The van der Waals surface area contributed by atoms with E-state index in [1.165, 1.54) is 12.1 Å². The van der Waals surface area contributed by atoms with E-state index in [2.05, 4.69) is 24.1 Å². The van der Waals surface area contributed by atoms with Gasteiger partial charge in [0.15, 0.2) is 0 Å². The van der Waals surface area contributed by atoms with Gasteiger partial charge in [-0.3, -0.25) is 0 Å². The summed E-state index contributed by atoms with van der Waals surface area (Å²) in [6.07, 6.45) is 0. The van der Waals surface area contributed by atoms with Crippen LogP contribution in [0.3, 0.4) is 0 Å². The number of hydrogen-bond acceptors (Lipinski definition) is 3. The van der Waals surface area contributed by atoms with Gasteiger partial charge in [0.1, 0.15) is 11.6 Å². The van der Waals surface area contributed by atoms with E-state index >= 15 is 0 Å². The van der Waals surface area contributed by atoms with E-state index in [-0.39, 0.29) is 6.61 Å². The average molecular weight is 286 g/mol. The molecule has 1 aromatic carbocycles. The zero-order chi connectivity index (χ0) is 15.2. The van der Waals surface area contributed by atoms with E-state index in [1.54, 1.807) is 6.92 Å². The van der Waals surface area contributed by atoms with Crippen LogP contribution in [0.15, 0.2) is 18.2 Å². The predicted octanol–water partition coefficient (Wildman–Crippen LogP) is 2.10. The molecule has 0 saturated heterocycles.